The molecule has 0 aliphatic heterocycles. The second kappa shape index (κ2) is 7.41. The molecule has 0 aliphatic carbocycles. The van der Waals surface area contributed by atoms with Crippen molar-refractivity contribution in [3.05, 3.63) is 65.5 Å². The fourth-order valence-corrected chi connectivity index (χ4v) is 2.97. The van der Waals surface area contributed by atoms with Gasteiger partial charge in [-0.25, -0.2) is 4.39 Å². The molecule has 0 atom stereocenters. The largest absolute Gasteiger partial charge is 0.293 e. The molecule has 2 rings (SSSR count). The van der Waals surface area contributed by atoms with Crippen molar-refractivity contribution in [3.63, 3.8) is 0 Å². The van der Waals surface area contributed by atoms with E-state index in [0.717, 1.165) is 16.9 Å². The topological polar surface area (TPSA) is 17.1 Å². The Balaban J connectivity index is 2.00. The molecule has 0 saturated heterocycles. The Morgan fingerprint density at radius 3 is 2.62 bits per heavy atom. The lowest BCUT2D eigenvalue weighted by molar-refractivity contribution is 0.102. The van der Waals surface area contributed by atoms with E-state index in [0.29, 0.717) is 11.7 Å². The summed E-state index contributed by atoms with van der Waals surface area (Å²) in [5.41, 5.74) is 1.92. The number of benzene rings is 2. The number of hydrogen-bond donors (Lipinski definition) is 0. The maximum Gasteiger partial charge on any atom is 0.173 e. The van der Waals surface area contributed by atoms with Crippen LogP contribution >= 0.6 is 11.8 Å². The summed E-state index contributed by atoms with van der Waals surface area (Å²) < 4.78 is 13.1. The highest BCUT2D eigenvalue weighted by molar-refractivity contribution is 8.00. The first-order valence-corrected chi connectivity index (χ1v) is 8.03. The quantitative estimate of drug-likeness (QED) is 0.552. The standard InChI is InChI=1S/C18H19FOS/c1-13(2)9-14-5-3-6-15(10-14)18(20)12-21-17-8-4-7-16(19)11-17/h3-8,10-11,13H,9,12H2,1-2H3. The molecule has 1 nitrogen and oxygen atoms in total. The van der Waals surface area contributed by atoms with Crippen molar-refractivity contribution in [2.75, 3.05) is 5.75 Å². The molecule has 0 aromatic heterocycles. The van der Waals surface area contributed by atoms with Crippen LogP contribution in [0.2, 0.25) is 0 Å². The van der Waals surface area contributed by atoms with Crippen LogP contribution in [0.5, 0.6) is 0 Å². The fourth-order valence-electron chi connectivity index (χ4n) is 2.13. The summed E-state index contributed by atoms with van der Waals surface area (Å²) >= 11 is 1.37. The van der Waals surface area contributed by atoms with E-state index in [1.807, 2.05) is 24.3 Å². The van der Waals surface area contributed by atoms with Gasteiger partial charge in [0.05, 0.1) is 5.75 Å². The van der Waals surface area contributed by atoms with Crippen LogP contribution in [0, 0.1) is 11.7 Å². The number of carbonyl (C=O) groups excluding carboxylic acids is 1. The number of carbonyl (C=O) groups is 1. The van der Waals surface area contributed by atoms with E-state index in [4.69, 9.17) is 0 Å². The van der Waals surface area contributed by atoms with E-state index < -0.39 is 0 Å². The minimum Gasteiger partial charge on any atom is -0.293 e. The molecule has 0 amide bonds. The van der Waals surface area contributed by atoms with Crippen LogP contribution in [0.1, 0.15) is 29.8 Å². The van der Waals surface area contributed by atoms with Gasteiger partial charge in [0.15, 0.2) is 5.78 Å². The van der Waals surface area contributed by atoms with Crippen LogP contribution in [0.15, 0.2) is 53.4 Å². The molecular weight excluding hydrogens is 283 g/mol. The highest BCUT2D eigenvalue weighted by Crippen LogP contribution is 2.20. The van der Waals surface area contributed by atoms with E-state index in [1.54, 1.807) is 6.07 Å². The lowest BCUT2D eigenvalue weighted by Gasteiger charge is -2.07. The monoisotopic (exact) mass is 302 g/mol. The Hall–Kier alpha value is -1.61. The van der Waals surface area contributed by atoms with Crippen molar-refractivity contribution in [3.8, 4) is 0 Å². The van der Waals surface area contributed by atoms with Gasteiger partial charge in [-0.05, 0) is 42.2 Å². The van der Waals surface area contributed by atoms with E-state index in [2.05, 4.69) is 19.9 Å². The van der Waals surface area contributed by atoms with Crippen LogP contribution in [-0.2, 0) is 6.42 Å². The molecule has 2 aromatic rings. The van der Waals surface area contributed by atoms with Gasteiger partial charge in [0, 0.05) is 10.5 Å². The minimum absolute atomic E-state index is 0.0786. The average molecular weight is 302 g/mol. The van der Waals surface area contributed by atoms with Crippen LogP contribution < -0.4 is 0 Å². The van der Waals surface area contributed by atoms with Crippen molar-refractivity contribution >= 4 is 17.5 Å². The van der Waals surface area contributed by atoms with Gasteiger partial charge in [-0.2, -0.15) is 0 Å². The second-order valence-electron chi connectivity index (χ2n) is 5.47. The lowest BCUT2D eigenvalue weighted by atomic mass is 10.00. The van der Waals surface area contributed by atoms with Gasteiger partial charge >= 0.3 is 0 Å². The SMILES string of the molecule is CC(C)Cc1cccc(C(=O)CSc2cccc(F)c2)c1. The van der Waals surface area contributed by atoms with E-state index in [9.17, 15) is 9.18 Å². The summed E-state index contributed by atoms with van der Waals surface area (Å²) in [5.74, 6) is 0.701. The molecule has 0 radical (unpaired) electrons. The first-order chi connectivity index (χ1) is 10.0. The van der Waals surface area contributed by atoms with Crippen molar-refractivity contribution in [1.82, 2.24) is 0 Å². The molecule has 0 aliphatic rings. The summed E-state index contributed by atoms with van der Waals surface area (Å²) in [6, 6.07) is 14.1. The van der Waals surface area contributed by atoms with Gasteiger partial charge < -0.3 is 0 Å². The van der Waals surface area contributed by atoms with E-state index >= 15 is 0 Å². The molecule has 110 valence electrons. The predicted octanol–water partition coefficient (Wildman–Crippen LogP) is 5.00. The molecule has 0 N–H and O–H groups in total. The predicted molar refractivity (Wildman–Crippen MR) is 86.4 cm³/mol. The first-order valence-electron chi connectivity index (χ1n) is 7.05. The molecule has 3 heteroatoms. The molecule has 2 aromatic carbocycles. The summed E-state index contributed by atoms with van der Waals surface area (Å²) in [6.45, 7) is 4.32. The number of ketones is 1. The fraction of sp³-hybridized carbons (Fsp3) is 0.278. The average Bonchev–Trinajstić information content (AvgIpc) is 2.44. The molecule has 0 saturated carbocycles. The Morgan fingerprint density at radius 1 is 1.14 bits per heavy atom. The Bertz CT molecular complexity index is 622. The third kappa shape index (κ3) is 5.01. The number of rotatable bonds is 6. The molecule has 0 heterocycles. The van der Waals surface area contributed by atoms with Crippen LogP contribution in [-0.4, -0.2) is 11.5 Å². The van der Waals surface area contributed by atoms with Crippen molar-refractivity contribution in [2.45, 2.75) is 25.2 Å². The third-order valence-electron chi connectivity index (χ3n) is 3.06. The third-order valence-corrected chi connectivity index (χ3v) is 4.05. The second-order valence-corrected chi connectivity index (χ2v) is 6.52. The highest BCUT2D eigenvalue weighted by Gasteiger charge is 2.08. The zero-order valence-electron chi connectivity index (χ0n) is 12.3. The van der Waals surface area contributed by atoms with Gasteiger partial charge in [0.2, 0.25) is 0 Å². The zero-order chi connectivity index (χ0) is 15.2. The summed E-state index contributed by atoms with van der Waals surface area (Å²) in [5, 5.41) is 0. The summed E-state index contributed by atoms with van der Waals surface area (Å²) in [6.07, 6.45) is 0.970. The van der Waals surface area contributed by atoms with Crippen LogP contribution in [0.25, 0.3) is 0 Å². The van der Waals surface area contributed by atoms with Crippen molar-refractivity contribution in [2.24, 2.45) is 5.92 Å². The van der Waals surface area contributed by atoms with Gasteiger partial charge in [-0.1, -0.05) is 38.1 Å². The zero-order valence-corrected chi connectivity index (χ0v) is 13.1. The normalized spacial score (nSPS) is 10.9. The van der Waals surface area contributed by atoms with Gasteiger partial charge in [0.25, 0.3) is 0 Å². The minimum atomic E-state index is -0.272. The molecule has 0 bridgehead atoms. The Labute approximate surface area is 129 Å². The summed E-state index contributed by atoms with van der Waals surface area (Å²) in [7, 11) is 0. The van der Waals surface area contributed by atoms with Crippen molar-refractivity contribution in [1.29, 1.82) is 0 Å². The van der Waals surface area contributed by atoms with Crippen LogP contribution in [0.3, 0.4) is 0 Å². The number of Topliss-reactive ketones (excluding diaryl/α,β-unsaturated/α-hetero) is 1. The first kappa shape index (κ1) is 15.8. The molecule has 0 unspecified atom stereocenters. The van der Waals surface area contributed by atoms with E-state index in [-0.39, 0.29) is 11.6 Å². The smallest absolute Gasteiger partial charge is 0.173 e. The van der Waals surface area contributed by atoms with Gasteiger partial charge in [-0.15, -0.1) is 11.8 Å². The van der Waals surface area contributed by atoms with Gasteiger partial charge in [0.1, 0.15) is 5.82 Å². The van der Waals surface area contributed by atoms with E-state index in [1.165, 1.54) is 29.5 Å². The number of thioether (sulfide) groups is 1. The maximum atomic E-state index is 13.1. The lowest BCUT2D eigenvalue weighted by Crippen LogP contribution is -2.04. The van der Waals surface area contributed by atoms with Gasteiger partial charge in [-0.3, -0.25) is 4.79 Å². The summed E-state index contributed by atoms with van der Waals surface area (Å²) in [4.78, 5) is 13.0. The molecule has 0 fully saturated rings. The maximum absolute atomic E-state index is 13.1. The van der Waals surface area contributed by atoms with Crippen molar-refractivity contribution < 1.29 is 9.18 Å². The Kier molecular flexibility index (Phi) is 5.57. The Morgan fingerprint density at radius 2 is 1.90 bits per heavy atom. The number of halogens is 1. The highest BCUT2D eigenvalue weighted by atomic mass is 32.2. The molecular formula is C18H19FOS. The molecule has 21 heavy (non-hydrogen) atoms. The molecule has 0 spiro atoms. The van der Waals surface area contributed by atoms with Crippen LogP contribution in [0.4, 0.5) is 4.39 Å². The number of hydrogen-bond acceptors (Lipinski definition) is 2.